The zero-order valence-corrected chi connectivity index (χ0v) is 14.7. The standard InChI is InChI=1S/C19H16N2O4S/c1-11(18(23)21-14-8-6-12(7-9-14)17(20)22)25-19(24)16-10-13-4-2-3-5-15(13)26-16/h2-11H,1H3,(H2,20,22)(H,21,23)/t11-/m0/s1. The van der Waals surface area contributed by atoms with Crippen molar-refractivity contribution in [1.29, 1.82) is 0 Å². The molecule has 0 aliphatic carbocycles. The van der Waals surface area contributed by atoms with E-state index < -0.39 is 23.9 Å². The van der Waals surface area contributed by atoms with Crippen LogP contribution in [0.5, 0.6) is 0 Å². The van der Waals surface area contributed by atoms with Crippen molar-refractivity contribution in [3.05, 3.63) is 65.0 Å². The first-order chi connectivity index (χ1) is 12.4. The summed E-state index contributed by atoms with van der Waals surface area (Å²) in [7, 11) is 0. The Morgan fingerprint density at radius 2 is 1.77 bits per heavy atom. The van der Waals surface area contributed by atoms with Gasteiger partial charge >= 0.3 is 5.97 Å². The van der Waals surface area contributed by atoms with Gasteiger partial charge in [-0.05, 0) is 48.7 Å². The number of amides is 2. The molecule has 3 N–H and O–H groups in total. The number of primary amides is 1. The van der Waals surface area contributed by atoms with Crippen LogP contribution in [0.1, 0.15) is 27.0 Å². The Labute approximate surface area is 153 Å². The first-order valence-electron chi connectivity index (χ1n) is 7.84. The quantitative estimate of drug-likeness (QED) is 0.676. The average Bonchev–Trinajstić information content (AvgIpc) is 3.06. The molecule has 1 aromatic heterocycles. The first kappa shape index (κ1) is 17.6. The Morgan fingerprint density at radius 1 is 1.08 bits per heavy atom. The zero-order chi connectivity index (χ0) is 18.7. The summed E-state index contributed by atoms with van der Waals surface area (Å²) in [6, 6.07) is 15.5. The van der Waals surface area contributed by atoms with E-state index in [9.17, 15) is 14.4 Å². The average molecular weight is 368 g/mol. The lowest BCUT2D eigenvalue weighted by molar-refractivity contribution is -0.123. The molecule has 0 fully saturated rings. The Morgan fingerprint density at radius 3 is 2.42 bits per heavy atom. The van der Waals surface area contributed by atoms with E-state index in [1.54, 1.807) is 18.2 Å². The summed E-state index contributed by atoms with van der Waals surface area (Å²) < 4.78 is 6.23. The van der Waals surface area contributed by atoms with Gasteiger partial charge in [0.2, 0.25) is 5.91 Å². The molecular weight excluding hydrogens is 352 g/mol. The van der Waals surface area contributed by atoms with E-state index in [1.807, 2.05) is 24.3 Å². The van der Waals surface area contributed by atoms with Gasteiger partial charge in [-0.15, -0.1) is 11.3 Å². The number of benzene rings is 2. The largest absolute Gasteiger partial charge is 0.448 e. The Bertz CT molecular complexity index is 946. The highest BCUT2D eigenvalue weighted by Gasteiger charge is 2.20. The van der Waals surface area contributed by atoms with Gasteiger partial charge in [0, 0.05) is 16.0 Å². The fourth-order valence-corrected chi connectivity index (χ4v) is 3.26. The van der Waals surface area contributed by atoms with E-state index in [4.69, 9.17) is 10.5 Å². The molecule has 2 aromatic carbocycles. The van der Waals surface area contributed by atoms with Crippen molar-refractivity contribution in [2.45, 2.75) is 13.0 Å². The minimum Gasteiger partial charge on any atom is -0.448 e. The number of fused-ring (bicyclic) bond motifs is 1. The van der Waals surface area contributed by atoms with Crippen molar-refractivity contribution in [3.8, 4) is 0 Å². The van der Waals surface area contributed by atoms with E-state index in [0.717, 1.165) is 10.1 Å². The number of hydrogen-bond donors (Lipinski definition) is 2. The number of anilines is 1. The van der Waals surface area contributed by atoms with Crippen LogP contribution < -0.4 is 11.1 Å². The number of ether oxygens (including phenoxy) is 1. The summed E-state index contributed by atoms with van der Waals surface area (Å²) in [5, 5.41) is 3.58. The number of carbonyl (C=O) groups excluding carboxylic acids is 3. The van der Waals surface area contributed by atoms with Crippen LogP contribution in [0, 0.1) is 0 Å². The second-order valence-electron chi connectivity index (χ2n) is 5.63. The minimum absolute atomic E-state index is 0.340. The van der Waals surface area contributed by atoms with E-state index in [-0.39, 0.29) is 0 Å². The van der Waals surface area contributed by atoms with Gasteiger partial charge in [0.25, 0.3) is 5.91 Å². The third-order valence-corrected chi connectivity index (χ3v) is 4.81. The second-order valence-corrected chi connectivity index (χ2v) is 6.71. The van der Waals surface area contributed by atoms with Gasteiger partial charge in [-0.2, -0.15) is 0 Å². The molecule has 0 unspecified atom stereocenters. The summed E-state index contributed by atoms with van der Waals surface area (Å²) >= 11 is 1.32. The minimum atomic E-state index is -0.969. The smallest absolute Gasteiger partial charge is 0.349 e. The summed E-state index contributed by atoms with van der Waals surface area (Å²) in [5.74, 6) is -1.56. The van der Waals surface area contributed by atoms with Gasteiger partial charge in [-0.1, -0.05) is 18.2 Å². The summed E-state index contributed by atoms with van der Waals surface area (Å²) in [4.78, 5) is 35.9. The predicted octanol–water partition coefficient (Wildman–Crippen LogP) is 3.18. The predicted molar refractivity (Wildman–Crippen MR) is 100 cm³/mol. The van der Waals surface area contributed by atoms with Crippen LogP contribution in [0.25, 0.3) is 10.1 Å². The fourth-order valence-electron chi connectivity index (χ4n) is 2.32. The SMILES string of the molecule is C[C@H](OC(=O)c1cc2ccccc2s1)C(=O)Nc1ccc(C(N)=O)cc1. The molecule has 0 radical (unpaired) electrons. The second kappa shape index (κ2) is 7.37. The molecule has 0 bridgehead atoms. The lowest BCUT2D eigenvalue weighted by Gasteiger charge is -2.13. The number of nitrogens with two attached hydrogens (primary N) is 1. The lowest BCUT2D eigenvalue weighted by Crippen LogP contribution is -2.29. The number of carbonyl (C=O) groups is 3. The third kappa shape index (κ3) is 3.89. The molecule has 3 rings (SSSR count). The highest BCUT2D eigenvalue weighted by molar-refractivity contribution is 7.20. The maximum absolute atomic E-state index is 12.3. The van der Waals surface area contributed by atoms with E-state index in [0.29, 0.717) is 16.1 Å². The van der Waals surface area contributed by atoms with Gasteiger partial charge in [-0.3, -0.25) is 9.59 Å². The molecule has 1 atom stereocenters. The molecule has 0 saturated heterocycles. The lowest BCUT2D eigenvalue weighted by atomic mass is 10.2. The van der Waals surface area contributed by atoms with Gasteiger partial charge < -0.3 is 15.8 Å². The zero-order valence-electron chi connectivity index (χ0n) is 13.9. The van der Waals surface area contributed by atoms with Crippen LogP contribution in [0.4, 0.5) is 5.69 Å². The number of esters is 1. The normalized spacial score (nSPS) is 11.7. The van der Waals surface area contributed by atoms with Crippen molar-refractivity contribution in [1.82, 2.24) is 0 Å². The van der Waals surface area contributed by atoms with Crippen molar-refractivity contribution in [2.75, 3.05) is 5.32 Å². The molecular formula is C19H16N2O4S. The van der Waals surface area contributed by atoms with Crippen molar-refractivity contribution < 1.29 is 19.1 Å². The summed E-state index contributed by atoms with van der Waals surface area (Å²) in [6.45, 7) is 1.50. The molecule has 0 spiro atoms. The third-order valence-electron chi connectivity index (χ3n) is 3.72. The number of hydrogen-bond acceptors (Lipinski definition) is 5. The van der Waals surface area contributed by atoms with Gasteiger partial charge in [0.1, 0.15) is 4.88 Å². The van der Waals surface area contributed by atoms with Crippen LogP contribution in [0.3, 0.4) is 0 Å². The molecule has 26 heavy (non-hydrogen) atoms. The van der Waals surface area contributed by atoms with Crippen LogP contribution >= 0.6 is 11.3 Å². The molecule has 0 saturated carbocycles. The maximum atomic E-state index is 12.3. The van der Waals surface area contributed by atoms with Gasteiger partial charge in [-0.25, -0.2) is 4.79 Å². The van der Waals surface area contributed by atoms with Crippen molar-refractivity contribution in [3.63, 3.8) is 0 Å². The maximum Gasteiger partial charge on any atom is 0.349 e. The Balaban J connectivity index is 1.62. The number of thiophene rings is 1. The number of nitrogens with one attached hydrogen (secondary N) is 1. The molecule has 3 aromatic rings. The Hall–Kier alpha value is -3.19. The van der Waals surface area contributed by atoms with E-state index in [1.165, 1.54) is 30.4 Å². The Kier molecular flexibility index (Phi) is 4.99. The molecule has 2 amide bonds. The molecule has 7 heteroatoms. The van der Waals surface area contributed by atoms with Gasteiger partial charge in [0.15, 0.2) is 6.10 Å². The first-order valence-corrected chi connectivity index (χ1v) is 8.66. The van der Waals surface area contributed by atoms with E-state index in [2.05, 4.69) is 5.32 Å². The fraction of sp³-hybridized carbons (Fsp3) is 0.105. The molecule has 1 heterocycles. The monoisotopic (exact) mass is 368 g/mol. The topological polar surface area (TPSA) is 98.5 Å². The van der Waals surface area contributed by atoms with Crippen LogP contribution in [-0.2, 0) is 9.53 Å². The summed E-state index contributed by atoms with van der Waals surface area (Å²) in [6.07, 6.45) is -0.969. The molecule has 0 aliphatic rings. The van der Waals surface area contributed by atoms with Crippen LogP contribution in [0.15, 0.2) is 54.6 Å². The molecule has 6 nitrogen and oxygen atoms in total. The van der Waals surface area contributed by atoms with Crippen molar-refractivity contribution >= 4 is 44.9 Å². The van der Waals surface area contributed by atoms with E-state index >= 15 is 0 Å². The molecule has 0 aliphatic heterocycles. The van der Waals surface area contributed by atoms with Gasteiger partial charge in [0.05, 0.1) is 0 Å². The summed E-state index contributed by atoms with van der Waals surface area (Å²) in [5.41, 5.74) is 5.99. The highest BCUT2D eigenvalue weighted by Crippen LogP contribution is 2.26. The number of rotatable bonds is 5. The highest BCUT2D eigenvalue weighted by atomic mass is 32.1. The van der Waals surface area contributed by atoms with Crippen LogP contribution in [0.2, 0.25) is 0 Å². The van der Waals surface area contributed by atoms with Crippen molar-refractivity contribution in [2.24, 2.45) is 5.73 Å². The molecule has 132 valence electrons. The van der Waals surface area contributed by atoms with Crippen LogP contribution in [-0.4, -0.2) is 23.9 Å².